The lowest BCUT2D eigenvalue weighted by Crippen LogP contribution is -2.29. The number of hydrogen-bond acceptors (Lipinski definition) is 1. The van der Waals surface area contributed by atoms with Crippen LogP contribution < -0.4 is 5.32 Å². The van der Waals surface area contributed by atoms with Gasteiger partial charge in [-0.2, -0.15) is 0 Å². The summed E-state index contributed by atoms with van der Waals surface area (Å²) in [4.78, 5) is 0. The van der Waals surface area contributed by atoms with E-state index in [4.69, 9.17) is 0 Å². The number of nitrogens with one attached hydrogen (secondary N) is 1. The number of rotatable bonds is 7. The van der Waals surface area contributed by atoms with Gasteiger partial charge >= 0.3 is 0 Å². The van der Waals surface area contributed by atoms with Crippen LogP contribution in [0.5, 0.6) is 0 Å². The van der Waals surface area contributed by atoms with Crippen molar-refractivity contribution in [2.45, 2.75) is 32.2 Å². The lowest BCUT2D eigenvalue weighted by Gasteiger charge is -2.14. The fourth-order valence-electron chi connectivity index (χ4n) is 2.33. The van der Waals surface area contributed by atoms with Crippen molar-refractivity contribution in [2.75, 3.05) is 6.54 Å². The van der Waals surface area contributed by atoms with Crippen LogP contribution in [-0.2, 0) is 12.8 Å². The summed E-state index contributed by atoms with van der Waals surface area (Å²) < 4.78 is 1.14. The van der Waals surface area contributed by atoms with Crippen LogP contribution in [0.3, 0.4) is 0 Å². The van der Waals surface area contributed by atoms with Crippen LogP contribution in [0.4, 0.5) is 0 Å². The minimum absolute atomic E-state index is 0. The summed E-state index contributed by atoms with van der Waals surface area (Å²) in [5.41, 5.74) is 2.81. The lowest BCUT2D eigenvalue weighted by atomic mass is 10.1. The van der Waals surface area contributed by atoms with Crippen molar-refractivity contribution in [1.82, 2.24) is 5.32 Å². The van der Waals surface area contributed by atoms with Gasteiger partial charge < -0.3 is 5.32 Å². The molecule has 0 heterocycles. The number of benzene rings is 2. The monoisotopic (exact) mass is 367 g/mol. The second-order valence-corrected chi connectivity index (χ2v) is 6.19. The molecule has 0 aliphatic rings. The molecule has 0 aliphatic heterocycles. The van der Waals surface area contributed by atoms with Gasteiger partial charge in [0.2, 0.25) is 0 Å². The summed E-state index contributed by atoms with van der Waals surface area (Å²) >= 11 is 3.47. The molecule has 0 radical (unpaired) electrons. The van der Waals surface area contributed by atoms with E-state index in [2.05, 4.69) is 82.8 Å². The summed E-state index contributed by atoms with van der Waals surface area (Å²) in [6, 6.07) is 19.8. The molecule has 114 valence electrons. The van der Waals surface area contributed by atoms with Crippen LogP contribution in [0.25, 0.3) is 0 Å². The minimum Gasteiger partial charge on any atom is -0.314 e. The fraction of sp³-hybridized carbons (Fsp3) is 0.333. The Labute approximate surface area is 142 Å². The van der Waals surface area contributed by atoms with E-state index >= 15 is 0 Å². The Kier molecular flexibility index (Phi) is 8.67. The van der Waals surface area contributed by atoms with Gasteiger partial charge in [0, 0.05) is 10.5 Å². The molecular formula is C18H23BrClN. The number of halogens is 2. The average Bonchev–Trinajstić information content (AvgIpc) is 2.47. The molecular weight excluding hydrogens is 346 g/mol. The third-order valence-electron chi connectivity index (χ3n) is 3.43. The van der Waals surface area contributed by atoms with Gasteiger partial charge in [0.1, 0.15) is 0 Å². The van der Waals surface area contributed by atoms with Gasteiger partial charge in [-0.1, -0.05) is 58.4 Å². The molecule has 0 saturated heterocycles. The predicted octanol–water partition coefficient (Wildman–Crippen LogP) is 5.02. The van der Waals surface area contributed by atoms with Gasteiger partial charge in [-0.15, -0.1) is 12.4 Å². The maximum Gasteiger partial charge on any atom is 0.0175 e. The summed E-state index contributed by atoms with van der Waals surface area (Å²) in [6.45, 7) is 3.33. The van der Waals surface area contributed by atoms with Crippen LogP contribution >= 0.6 is 28.3 Å². The highest BCUT2D eigenvalue weighted by molar-refractivity contribution is 9.10. The molecule has 2 rings (SSSR count). The third-order valence-corrected chi connectivity index (χ3v) is 3.96. The second-order valence-electron chi connectivity index (χ2n) is 5.27. The molecule has 0 spiro atoms. The topological polar surface area (TPSA) is 12.0 Å². The van der Waals surface area contributed by atoms with Crippen molar-refractivity contribution < 1.29 is 0 Å². The summed E-state index contributed by atoms with van der Waals surface area (Å²) in [5, 5.41) is 3.60. The molecule has 0 amide bonds. The van der Waals surface area contributed by atoms with Crippen molar-refractivity contribution >= 4 is 28.3 Å². The maximum absolute atomic E-state index is 3.60. The predicted molar refractivity (Wildman–Crippen MR) is 97.3 cm³/mol. The zero-order valence-electron chi connectivity index (χ0n) is 12.4. The van der Waals surface area contributed by atoms with E-state index in [-0.39, 0.29) is 12.4 Å². The molecule has 1 unspecified atom stereocenters. The molecule has 3 heteroatoms. The van der Waals surface area contributed by atoms with E-state index in [1.54, 1.807) is 0 Å². The molecule has 0 saturated carbocycles. The SMILES string of the molecule is CC(Cc1ccc(Br)cc1)NCCCc1ccccc1.Cl. The van der Waals surface area contributed by atoms with Crippen molar-refractivity contribution in [3.8, 4) is 0 Å². The molecule has 1 atom stereocenters. The van der Waals surface area contributed by atoms with E-state index in [9.17, 15) is 0 Å². The largest absolute Gasteiger partial charge is 0.314 e. The summed E-state index contributed by atoms with van der Waals surface area (Å²) in [7, 11) is 0. The van der Waals surface area contributed by atoms with Gasteiger partial charge in [0.25, 0.3) is 0 Å². The summed E-state index contributed by atoms with van der Waals surface area (Å²) in [5.74, 6) is 0. The van der Waals surface area contributed by atoms with Crippen LogP contribution in [-0.4, -0.2) is 12.6 Å². The van der Waals surface area contributed by atoms with E-state index in [0.29, 0.717) is 6.04 Å². The first-order valence-electron chi connectivity index (χ1n) is 7.26. The molecule has 21 heavy (non-hydrogen) atoms. The first-order valence-corrected chi connectivity index (χ1v) is 8.05. The third kappa shape index (κ3) is 7.12. The smallest absolute Gasteiger partial charge is 0.0175 e. The van der Waals surface area contributed by atoms with Gasteiger partial charge in [0.15, 0.2) is 0 Å². The molecule has 0 bridgehead atoms. The van der Waals surface area contributed by atoms with Gasteiger partial charge in [-0.05, 0) is 56.0 Å². The van der Waals surface area contributed by atoms with Crippen LogP contribution in [0.2, 0.25) is 0 Å². The molecule has 1 N–H and O–H groups in total. The normalized spacial score (nSPS) is 11.7. The first-order chi connectivity index (χ1) is 9.74. The Balaban J connectivity index is 0.00000220. The fourth-order valence-corrected chi connectivity index (χ4v) is 2.60. The molecule has 2 aromatic rings. The van der Waals surface area contributed by atoms with Crippen LogP contribution in [0, 0.1) is 0 Å². The van der Waals surface area contributed by atoms with Crippen LogP contribution in [0.1, 0.15) is 24.5 Å². The van der Waals surface area contributed by atoms with Gasteiger partial charge in [0.05, 0.1) is 0 Å². The Hall–Kier alpha value is -0.830. The minimum atomic E-state index is 0. The molecule has 0 aliphatic carbocycles. The Morgan fingerprint density at radius 2 is 1.62 bits per heavy atom. The highest BCUT2D eigenvalue weighted by atomic mass is 79.9. The van der Waals surface area contributed by atoms with Crippen molar-refractivity contribution in [3.63, 3.8) is 0 Å². The maximum atomic E-state index is 3.60. The van der Waals surface area contributed by atoms with E-state index in [1.807, 2.05) is 0 Å². The van der Waals surface area contributed by atoms with Gasteiger partial charge in [-0.25, -0.2) is 0 Å². The second kappa shape index (κ2) is 9.99. The average molecular weight is 369 g/mol. The van der Waals surface area contributed by atoms with Crippen molar-refractivity contribution in [3.05, 3.63) is 70.2 Å². The highest BCUT2D eigenvalue weighted by Crippen LogP contribution is 2.12. The zero-order valence-corrected chi connectivity index (χ0v) is 14.8. The first kappa shape index (κ1) is 18.2. The Morgan fingerprint density at radius 3 is 2.29 bits per heavy atom. The van der Waals surface area contributed by atoms with Crippen LogP contribution in [0.15, 0.2) is 59.1 Å². The lowest BCUT2D eigenvalue weighted by molar-refractivity contribution is 0.534. The Bertz CT molecular complexity index is 498. The molecule has 0 aromatic heterocycles. The summed E-state index contributed by atoms with van der Waals surface area (Å²) in [6.07, 6.45) is 3.42. The molecule has 2 aromatic carbocycles. The molecule has 1 nitrogen and oxygen atoms in total. The quantitative estimate of drug-likeness (QED) is 0.676. The number of aryl methyl sites for hydroxylation is 1. The van der Waals surface area contributed by atoms with Gasteiger partial charge in [-0.3, -0.25) is 0 Å². The zero-order chi connectivity index (χ0) is 14.2. The van der Waals surface area contributed by atoms with Crippen molar-refractivity contribution in [2.24, 2.45) is 0 Å². The van der Waals surface area contributed by atoms with E-state index < -0.39 is 0 Å². The standard InChI is InChI=1S/C18H22BrN.ClH/c1-15(14-17-9-11-18(19)12-10-17)20-13-5-8-16-6-3-2-4-7-16;/h2-4,6-7,9-12,15,20H,5,8,13-14H2,1H3;1H. The van der Waals surface area contributed by atoms with Crippen molar-refractivity contribution in [1.29, 1.82) is 0 Å². The van der Waals surface area contributed by atoms with E-state index in [0.717, 1.165) is 23.9 Å². The molecule has 0 fully saturated rings. The Morgan fingerprint density at radius 1 is 0.952 bits per heavy atom. The highest BCUT2D eigenvalue weighted by Gasteiger charge is 2.02. The van der Waals surface area contributed by atoms with E-state index in [1.165, 1.54) is 17.5 Å². The number of hydrogen-bond donors (Lipinski definition) is 1.